The van der Waals surface area contributed by atoms with Crippen molar-refractivity contribution in [1.82, 2.24) is 0 Å². The molecule has 96 valence electrons. The summed E-state index contributed by atoms with van der Waals surface area (Å²) in [6.45, 7) is 4.61. The van der Waals surface area contributed by atoms with E-state index in [1.807, 2.05) is 24.3 Å². The minimum Gasteiger partial charge on any atom is -0.381 e. The van der Waals surface area contributed by atoms with Crippen LogP contribution in [0.4, 0.5) is 5.69 Å². The molecule has 2 unspecified atom stereocenters. The van der Waals surface area contributed by atoms with Crippen LogP contribution in [0, 0.1) is 23.2 Å². The standard InChI is InChI=1S/C16H22N2/c1-12(2)14-8-4-6-10-16(14)18-15-9-5-3-7-13(15)11-17/h3,5,7,9,12,14,16,18H,4,6,8,10H2,1-2H3. The molecule has 0 aliphatic heterocycles. The maximum atomic E-state index is 9.13. The van der Waals surface area contributed by atoms with Crippen LogP contribution >= 0.6 is 0 Å². The second-order valence-electron chi connectivity index (χ2n) is 5.60. The van der Waals surface area contributed by atoms with E-state index in [0.717, 1.165) is 17.2 Å². The first kappa shape index (κ1) is 13.0. The van der Waals surface area contributed by atoms with Crippen LogP contribution in [0.15, 0.2) is 24.3 Å². The molecule has 18 heavy (non-hydrogen) atoms. The van der Waals surface area contributed by atoms with Crippen LogP contribution in [-0.2, 0) is 0 Å². The van der Waals surface area contributed by atoms with Gasteiger partial charge in [-0.15, -0.1) is 0 Å². The van der Waals surface area contributed by atoms with E-state index < -0.39 is 0 Å². The summed E-state index contributed by atoms with van der Waals surface area (Å²) in [5, 5.41) is 12.7. The van der Waals surface area contributed by atoms with Gasteiger partial charge in [-0.25, -0.2) is 0 Å². The van der Waals surface area contributed by atoms with Crippen molar-refractivity contribution < 1.29 is 0 Å². The lowest BCUT2D eigenvalue weighted by Crippen LogP contribution is -2.35. The molecule has 0 saturated heterocycles. The van der Waals surface area contributed by atoms with Crippen LogP contribution in [0.3, 0.4) is 0 Å². The first-order chi connectivity index (χ1) is 8.72. The van der Waals surface area contributed by atoms with E-state index in [0.29, 0.717) is 12.0 Å². The molecule has 1 aromatic carbocycles. The van der Waals surface area contributed by atoms with Gasteiger partial charge < -0.3 is 5.32 Å². The molecular formula is C16H22N2. The van der Waals surface area contributed by atoms with Gasteiger partial charge in [0.25, 0.3) is 0 Å². The fraction of sp³-hybridized carbons (Fsp3) is 0.562. The van der Waals surface area contributed by atoms with E-state index in [1.165, 1.54) is 25.7 Å². The summed E-state index contributed by atoms with van der Waals surface area (Å²) in [4.78, 5) is 0. The van der Waals surface area contributed by atoms with Gasteiger partial charge >= 0.3 is 0 Å². The number of nitrogens with one attached hydrogen (secondary N) is 1. The van der Waals surface area contributed by atoms with Gasteiger partial charge in [0.2, 0.25) is 0 Å². The molecule has 1 saturated carbocycles. The molecule has 1 aromatic rings. The zero-order valence-corrected chi connectivity index (χ0v) is 11.3. The Morgan fingerprint density at radius 1 is 1.22 bits per heavy atom. The van der Waals surface area contributed by atoms with Crippen LogP contribution in [0.5, 0.6) is 0 Å². The zero-order valence-electron chi connectivity index (χ0n) is 11.3. The number of rotatable bonds is 3. The first-order valence-electron chi connectivity index (χ1n) is 6.98. The molecule has 2 heteroatoms. The van der Waals surface area contributed by atoms with E-state index in [1.54, 1.807) is 0 Å². The quantitative estimate of drug-likeness (QED) is 0.862. The number of hydrogen-bond acceptors (Lipinski definition) is 2. The lowest BCUT2D eigenvalue weighted by Gasteiger charge is -2.35. The Kier molecular flexibility index (Phi) is 4.25. The second kappa shape index (κ2) is 5.91. The number of hydrogen-bond donors (Lipinski definition) is 1. The third-order valence-corrected chi connectivity index (χ3v) is 4.06. The third-order valence-electron chi connectivity index (χ3n) is 4.06. The van der Waals surface area contributed by atoms with Crippen molar-refractivity contribution in [3.8, 4) is 6.07 Å². The van der Waals surface area contributed by atoms with Crippen molar-refractivity contribution in [2.45, 2.75) is 45.6 Å². The van der Waals surface area contributed by atoms with Crippen molar-refractivity contribution in [3.05, 3.63) is 29.8 Å². The minimum atomic E-state index is 0.522. The Hall–Kier alpha value is -1.49. The molecule has 0 radical (unpaired) electrons. The SMILES string of the molecule is CC(C)C1CCCCC1Nc1ccccc1C#N. The Morgan fingerprint density at radius 2 is 1.94 bits per heavy atom. The highest BCUT2D eigenvalue weighted by Gasteiger charge is 2.27. The molecule has 2 atom stereocenters. The summed E-state index contributed by atoms with van der Waals surface area (Å²) < 4.78 is 0. The minimum absolute atomic E-state index is 0.522. The average Bonchev–Trinajstić information content (AvgIpc) is 2.40. The molecule has 1 fully saturated rings. The summed E-state index contributed by atoms with van der Waals surface area (Å²) >= 11 is 0. The molecule has 0 aromatic heterocycles. The highest BCUT2D eigenvalue weighted by molar-refractivity contribution is 5.57. The summed E-state index contributed by atoms with van der Waals surface area (Å²) in [5.41, 5.74) is 1.75. The number of nitriles is 1. The molecule has 0 bridgehead atoms. The highest BCUT2D eigenvalue weighted by atomic mass is 14.9. The molecule has 1 N–H and O–H groups in total. The van der Waals surface area contributed by atoms with E-state index in [-0.39, 0.29) is 0 Å². The van der Waals surface area contributed by atoms with E-state index in [2.05, 4.69) is 25.2 Å². The molecule has 0 spiro atoms. The summed E-state index contributed by atoms with van der Waals surface area (Å²) in [6.07, 6.45) is 5.18. The Morgan fingerprint density at radius 3 is 2.67 bits per heavy atom. The van der Waals surface area contributed by atoms with E-state index in [9.17, 15) is 0 Å². The summed E-state index contributed by atoms with van der Waals surface area (Å²) in [5.74, 6) is 1.43. The predicted molar refractivity (Wildman–Crippen MR) is 75.4 cm³/mol. The number of para-hydroxylation sites is 1. The van der Waals surface area contributed by atoms with Crippen LogP contribution in [-0.4, -0.2) is 6.04 Å². The highest BCUT2D eigenvalue weighted by Crippen LogP contribution is 2.32. The maximum absolute atomic E-state index is 9.13. The van der Waals surface area contributed by atoms with Gasteiger partial charge in [0, 0.05) is 6.04 Å². The largest absolute Gasteiger partial charge is 0.381 e. The van der Waals surface area contributed by atoms with Crippen molar-refractivity contribution in [2.24, 2.45) is 11.8 Å². The Bertz CT molecular complexity index is 431. The van der Waals surface area contributed by atoms with Gasteiger partial charge in [0.1, 0.15) is 6.07 Å². The molecular weight excluding hydrogens is 220 g/mol. The summed E-state index contributed by atoms with van der Waals surface area (Å²) in [7, 11) is 0. The average molecular weight is 242 g/mol. The molecule has 0 amide bonds. The van der Waals surface area contributed by atoms with Crippen LogP contribution in [0.1, 0.15) is 45.1 Å². The number of benzene rings is 1. The zero-order chi connectivity index (χ0) is 13.0. The van der Waals surface area contributed by atoms with Gasteiger partial charge in [0.05, 0.1) is 11.3 Å². The molecule has 2 nitrogen and oxygen atoms in total. The van der Waals surface area contributed by atoms with Crippen LogP contribution < -0.4 is 5.32 Å². The molecule has 1 aliphatic carbocycles. The normalized spacial score (nSPS) is 23.7. The van der Waals surface area contributed by atoms with Gasteiger partial charge in [-0.1, -0.05) is 38.8 Å². The first-order valence-corrected chi connectivity index (χ1v) is 6.98. The van der Waals surface area contributed by atoms with E-state index >= 15 is 0 Å². The van der Waals surface area contributed by atoms with Crippen molar-refractivity contribution in [1.29, 1.82) is 5.26 Å². The van der Waals surface area contributed by atoms with Gasteiger partial charge in [-0.2, -0.15) is 5.26 Å². The lowest BCUT2D eigenvalue weighted by molar-refractivity contribution is 0.254. The fourth-order valence-corrected chi connectivity index (χ4v) is 3.04. The van der Waals surface area contributed by atoms with Crippen molar-refractivity contribution in [2.75, 3.05) is 5.32 Å². The fourth-order valence-electron chi connectivity index (χ4n) is 3.04. The monoisotopic (exact) mass is 242 g/mol. The Balaban J connectivity index is 2.14. The van der Waals surface area contributed by atoms with Crippen LogP contribution in [0.25, 0.3) is 0 Å². The van der Waals surface area contributed by atoms with Gasteiger partial charge in [0.15, 0.2) is 0 Å². The topological polar surface area (TPSA) is 35.8 Å². The second-order valence-corrected chi connectivity index (χ2v) is 5.60. The maximum Gasteiger partial charge on any atom is 0.101 e. The van der Waals surface area contributed by atoms with Crippen molar-refractivity contribution >= 4 is 5.69 Å². The van der Waals surface area contributed by atoms with Crippen LogP contribution in [0.2, 0.25) is 0 Å². The number of anilines is 1. The molecule has 2 rings (SSSR count). The lowest BCUT2D eigenvalue weighted by atomic mass is 9.77. The summed E-state index contributed by atoms with van der Waals surface area (Å²) in [6, 6.07) is 10.6. The molecule has 0 heterocycles. The smallest absolute Gasteiger partial charge is 0.101 e. The van der Waals surface area contributed by atoms with Crippen molar-refractivity contribution in [3.63, 3.8) is 0 Å². The Labute approximate surface area is 110 Å². The third kappa shape index (κ3) is 2.85. The van der Waals surface area contributed by atoms with Gasteiger partial charge in [-0.3, -0.25) is 0 Å². The van der Waals surface area contributed by atoms with Gasteiger partial charge in [-0.05, 0) is 36.8 Å². The number of nitrogens with zero attached hydrogens (tertiary/aromatic N) is 1. The molecule has 1 aliphatic rings. The predicted octanol–water partition coefficient (Wildman–Crippen LogP) is 4.18. The van der Waals surface area contributed by atoms with E-state index in [4.69, 9.17) is 5.26 Å².